The highest BCUT2D eigenvalue weighted by atomic mass is 35.5. The largest absolute Gasteiger partial charge is 0.454 e. The molecule has 18 heavy (non-hydrogen) atoms. The summed E-state index contributed by atoms with van der Waals surface area (Å²) in [6.07, 6.45) is 1.79. The molecule has 0 fully saturated rings. The summed E-state index contributed by atoms with van der Waals surface area (Å²) < 4.78 is 10.6. The van der Waals surface area contributed by atoms with Gasteiger partial charge in [-0.1, -0.05) is 11.6 Å². The Kier molecular flexibility index (Phi) is 2.89. The van der Waals surface area contributed by atoms with Crippen molar-refractivity contribution in [3.63, 3.8) is 0 Å². The molecule has 1 aliphatic heterocycles. The molecule has 0 radical (unpaired) electrons. The number of ether oxygens (including phenoxy) is 2. The summed E-state index contributed by atoms with van der Waals surface area (Å²) >= 11 is 7.70. The zero-order valence-corrected chi connectivity index (χ0v) is 11.2. The minimum absolute atomic E-state index is 0.0132. The lowest BCUT2D eigenvalue weighted by Gasteiger charge is -2.02. The van der Waals surface area contributed by atoms with E-state index in [1.54, 1.807) is 17.5 Å². The maximum Gasteiger partial charge on any atom is 0.231 e. The van der Waals surface area contributed by atoms with Gasteiger partial charge in [0.1, 0.15) is 5.01 Å². The van der Waals surface area contributed by atoms with Crippen LogP contribution in [0, 0.1) is 0 Å². The Morgan fingerprint density at radius 3 is 3.00 bits per heavy atom. The third kappa shape index (κ3) is 1.94. The van der Waals surface area contributed by atoms with Crippen LogP contribution in [0.15, 0.2) is 18.3 Å². The molecule has 1 unspecified atom stereocenters. The van der Waals surface area contributed by atoms with Crippen molar-refractivity contribution >= 4 is 22.9 Å². The molecule has 3 rings (SSSR count). The van der Waals surface area contributed by atoms with E-state index < -0.39 is 0 Å². The Hall–Kier alpha value is -1.30. The number of rotatable bonds is 2. The van der Waals surface area contributed by atoms with Gasteiger partial charge in [0.05, 0.1) is 5.02 Å². The predicted molar refractivity (Wildman–Crippen MR) is 71.3 cm³/mol. The third-order valence-corrected chi connectivity index (χ3v) is 4.17. The summed E-state index contributed by atoms with van der Waals surface area (Å²) in [6.45, 7) is 2.14. The Labute approximate surface area is 113 Å². The number of fused-ring (bicyclic) bond motifs is 1. The molecule has 1 aliphatic rings. The van der Waals surface area contributed by atoms with Crippen LogP contribution in [0.1, 0.15) is 17.8 Å². The topological polar surface area (TPSA) is 57.4 Å². The molecule has 1 aromatic carbocycles. The highest BCUT2D eigenvalue weighted by Crippen LogP contribution is 2.43. The molecule has 0 bridgehead atoms. The van der Waals surface area contributed by atoms with Crippen LogP contribution in [0.4, 0.5) is 0 Å². The second-order valence-electron chi connectivity index (χ2n) is 4.05. The van der Waals surface area contributed by atoms with E-state index in [4.69, 9.17) is 26.8 Å². The molecule has 94 valence electrons. The molecule has 0 spiro atoms. The highest BCUT2D eigenvalue weighted by molar-refractivity contribution is 7.15. The molecular formula is C12H11ClN2O2S. The van der Waals surface area contributed by atoms with Crippen LogP contribution in [0.5, 0.6) is 11.5 Å². The maximum absolute atomic E-state index is 6.14. The van der Waals surface area contributed by atoms with Crippen LogP contribution in [0.25, 0.3) is 10.6 Å². The predicted octanol–water partition coefficient (Wildman–Crippen LogP) is 3.21. The van der Waals surface area contributed by atoms with Crippen molar-refractivity contribution in [3.05, 3.63) is 28.2 Å². The molecular weight excluding hydrogens is 272 g/mol. The quantitative estimate of drug-likeness (QED) is 0.919. The smallest absolute Gasteiger partial charge is 0.231 e. The van der Waals surface area contributed by atoms with Gasteiger partial charge in [0.2, 0.25) is 6.79 Å². The van der Waals surface area contributed by atoms with Gasteiger partial charge >= 0.3 is 0 Å². The van der Waals surface area contributed by atoms with Gasteiger partial charge in [-0.2, -0.15) is 0 Å². The van der Waals surface area contributed by atoms with Crippen LogP contribution < -0.4 is 15.2 Å². The Bertz CT molecular complexity index is 598. The fraction of sp³-hybridized carbons (Fsp3) is 0.250. The van der Waals surface area contributed by atoms with E-state index in [1.807, 2.05) is 19.1 Å². The second-order valence-corrected chi connectivity index (χ2v) is 5.52. The Balaban J connectivity index is 2.03. The number of hydrogen-bond acceptors (Lipinski definition) is 5. The molecule has 4 nitrogen and oxygen atoms in total. The monoisotopic (exact) mass is 282 g/mol. The summed E-state index contributed by atoms with van der Waals surface area (Å²) in [7, 11) is 0. The van der Waals surface area contributed by atoms with Gasteiger partial charge in [0.25, 0.3) is 0 Å². The minimum atomic E-state index is -0.0132. The van der Waals surface area contributed by atoms with Crippen LogP contribution in [0.2, 0.25) is 5.02 Å². The lowest BCUT2D eigenvalue weighted by atomic mass is 10.2. The van der Waals surface area contributed by atoms with E-state index in [0.29, 0.717) is 16.5 Å². The molecule has 0 saturated carbocycles. The summed E-state index contributed by atoms with van der Waals surface area (Å²) in [6, 6.07) is 3.71. The number of thiazole rings is 1. The average Bonchev–Trinajstić information content (AvgIpc) is 2.97. The molecule has 0 aliphatic carbocycles. The van der Waals surface area contributed by atoms with Crippen LogP contribution >= 0.6 is 22.9 Å². The van der Waals surface area contributed by atoms with Gasteiger partial charge < -0.3 is 15.2 Å². The Morgan fingerprint density at radius 1 is 1.44 bits per heavy atom. The lowest BCUT2D eigenvalue weighted by molar-refractivity contribution is 0.174. The second kappa shape index (κ2) is 4.42. The van der Waals surface area contributed by atoms with Gasteiger partial charge in [-0.3, -0.25) is 0 Å². The molecule has 2 N–H and O–H groups in total. The molecule has 0 saturated heterocycles. The molecule has 6 heteroatoms. The van der Waals surface area contributed by atoms with Gasteiger partial charge in [-0.25, -0.2) is 4.98 Å². The number of halogens is 1. The first kappa shape index (κ1) is 11.8. The fourth-order valence-corrected chi connectivity index (χ4v) is 2.84. The zero-order valence-electron chi connectivity index (χ0n) is 9.64. The number of hydrogen-bond donors (Lipinski definition) is 1. The Morgan fingerprint density at radius 2 is 2.28 bits per heavy atom. The van der Waals surface area contributed by atoms with E-state index in [9.17, 15) is 0 Å². The molecule has 2 heterocycles. The fourth-order valence-electron chi connectivity index (χ4n) is 1.72. The SMILES string of the molecule is CC(N)c1cnc(-c2cc(Cl)c3c(c2)OCO3)s1. The number of aromatic nitrogens is 1. The normalized spacial score (nSPS) is 14.8. The summed E-state index contributed by atoms with van der Waals surface area (Å²) in [5.41, 5.74) is 6.74. The van der Waals surface area contributed by atoms with Gasteiger partial charge in [0.15, 0.2) is 11.5 Å². The van der Waals surface area contributed by atoms with Crippen molar-refractivity contribution < 1.29 is 9.47 Å². The van der Waals surface area contributed by atoms with Gasteiger partial charge in [-0.05, 0) is 19.1 Å². The first-order valence-electron chi connectivity index (χ1n) is 5.46. The van der Waals surface area contributed by atoms with Gasteiger partial charge in [0, 0.05) is 22.7 Å². The average molecular weight is 283 g/mol. The molecule has 1 aromatic heterocycles. The third-order valence-electron chi connectivity index (χ3n) is 2.65. The van der Waals surface area contributed by atoms with E-state index in [1.165, 1.54) is 0 Å². The lowest BCUT2D eigenvalue weighted by Crippen LogP contribution is -2.01. The summed E-state index contributed by atoms with van der Waals surface area (Å²) in [5.74, 6) is 1.26. The summed E-state index contributed by atoms with van der Waals surface area (Å²) in [4.78, 5) is 5.40. The van der Waals surface area contributed by atoms with Crippen LogP contribution in [0.3, 0.4) is 0 Å². The minimum Gasteiger partial charge on any atom is -0.454 e. The molecule has 0 amide bonds. The van der Waals surface area contributed by atoms with Crippen LogP contribution in [-0.2, 0) is 0 Å². The van der Waals surface area contributed by atoms with E-state index in [-0.39, 0.29) is 12.8 Å². The first-order valence-corrected chi connectivity index (χ1v) is 6.65. The van der Waals surface area contributed by atoms with Crippen molar-refractivity contribution in [2.75, 3.05) is 6.79 Å². The van der Waals surface area contributed by atoms with Crippen LogP contribution in [-0.4, -0.2) is 11.8 Å². The van der Waals surface area contributed by atoms with Crippen molar-refractivity contribution in [2.45, 2.75) is 13.0 Å². The van der Waals surface area contributed by atoms with Crippen molar-refractivity contribution in [1.29, 1.82) is 0 Å². The van der Waals surface area contributed by atoms with E-state index in [2.05, 4.69) is 4.98 Å². The highest BCUT2D eigenvalue weighted by Gasteiger charge is 2.20. The number of nitrogens with two attached hydrogens (primary N) is 1. The number of benzene rings is 1. The summed E-state index contributed by atoms with van der Waals surface area (Å²) in [5, 5.41) is 1.42. The van der Waals surface area contributed by atoms with Crippen molar-refractivity contribution in [1.82, 2.24) is 4.98 Å². The van der Waals surface area contributed by atoms with Crippen molar-refractivity contribution in [3.8, 4) is 22.1 Å². The van der Waals surface area contributed by atoms with Crippen molar-refractivity contribution in [2.24, 2.45) is 5.73 Å². The van der Waals surface area contributed by atoms with Gasteiger partial charge in [-0.15, -0.1) is 11.3 Å². The maximum atomic E-state index is 6.14. The zero-order chi connectivity index (χ0) is 12.7. The molecule has 1 atom stereocenters. The van der Waals surface area contributed by atoms with E-state index in [0.717, 1.165) is 15.4 Å². The standard InChI is InChI=1S/C12H11ClN2O2S/c1-6(14)10-4-15-12(18-10)7-2-8(13)11-9(3-7)16-5-17-11/h2-4,6H,5,14H2,1H3. The molecule has 2 aromatic rings. The van der Waals surface area contributed by atoms with E-state index >= 15 is 0 Å². The number of nitrogens with zero attached hydrogens (tertiary/aromatic N) is 1. The first-order chi connectivity index (χ1) is 8.65.